The Balaban J connectivity index is 1.76. The van der Waals surface area contributed by atoms with Crippen LogP contribution in [0.4, 0.5) is 26.3 Å². The second-order valence-electron chi connectivity index (χ2n) is 7.47. The Morgan fingerprint density at radius 3 is 2.25 bits per heavy atom. The molecule has 0 amide bonds. The fourth-order valence-corrected chi connectivity index (χ4v) is 3.66. The number of nitrogens with zero attached hydrogens (tertiary/aromatic N) is 4. The van der Waals surface area contributed by atoms with E-state index in [9.17, 15) is 26.3 Å². The minimum atomic E-state index is -4.62. The number of halogens is 6. The van der Waals surface area contributed by atoms with Crippen LogP contribution in [0.2, 0.25) is 0 Å². The lowest BCUT2D eigenvalue weighted by Crippen LogP contribution is -2.15. The first-order chi connectivity index (χ1) is 15.0. The zero-order chi connectivity index (χ0) is 23.1. The number of rotatable bonds is 4. The molecule has 1 unspecified atom stereocenters. The lowest BCUT2D eigenvalue weighted by molar-refractivity contribution is -0.142. The summed E-state index contributed by atoms with van der Waals surface area (Å²) >= 11 is 0. The molecule has 32 heavy (non-hydrogen) atoms. The molecule has 0 bridgehead atoms. The van der Waals surface area contributed by atoms with Crippen LogP contribution in [0.1, 0.15) is 40.8 Å². The Kier molecular flexibility index (Phi) is 5.47. The first-order valence-corrected chi connectivity index (χ1v) is 9.75. The van der Waals surface area contributed by atoms with E-state index in [2.05, 4.69) is 10.2 Å². The minimum Gasteiger partial charge on any atom is -0.261 e. The summed E-state index contributed by atoms with van der Waals surface area (Å²) in [5, 5.41) is 7.47. The quantitative estimate of drug-likeness (QED) is 0.451. The van der Waals surface area contributed by atoms with Gasteiger partial charge >= 0.3 is 12.4 Å². The Morgan fingerprint density at radius 2 is 1.62 bits per heavy atom. The molecule has 0 saturated heterocycles. The van der Waals surface area contributed by atoms with Gasteiger partial charge in [-0.1, -0.05) is 42.5 Å². The average molecular weight is 452 g/mol. The van der Waals surface area contributed by atoms with E-state index in [1.54, 1.807) is 42.5 Å². The van der Waals surface area contributed by atoms with Crippen LogP contribution in [-0.4, -0.2) is 19.6 Å². The molecule has 1 atom stereocenters. The highest BCUT2D eigenvalue weighted by atomic mass is 19.4. The highest BCUT2D eigenvalue weighted by Crippen LogP contribution is 2.33. The largest absolute Gasteiger partial charge is 0.435 e. The van der Waals surface area contributed by atoms with E-state index in [1.165, 1.54) is 11.6 Å². The molecular weight excluding hydrogens is 434 g/mol. The number of hydrogen-bond donors (Lipinski definition) is 0. The summed E-state index contributed by atoms with van der Waals surface area (Å²) in [6.07, 6.45) is -1.56. The normalized spacial score (nSPS) is 16.7. The molecule has 2 heterocycles. The van der Waals surface area contributed by atoms with Gasteiger partial charge in [-0.05, 0) is 37.1 Å². The molecule has 3 aromatic rings. The monoisotopic (exact) mass is 452 g/mol. The van der Waals surface area contributed by atoms with Crippen molar-refractivity contribution >= 4 is 0 Å². The highest BCUT2D eigenvalue weighted by Gasteiger charge is 2.36. The molecule has 168 valence electrons. The van der Waals surface area contributed by atoms with Crippen LogP contribution in [0.25, 0.3) is 5.69 Å². The molecule has 4 rings (SSSR count). The number of para-hydroxylation sites is 1. The van der Waals surface area contributed by atoms with Crippen molar-refractivity contribution in [2.24, 2.45) is 0 Å². The van der Waals surface area contributed by atoms with Crippen molar-refractivity contribution in [3.05, 3.63) is 89.0 Å². The van der Waals surface area contributed by atoms with Crippen molar-refractivity contribution in [2.75, 3.05) is 0 Å². The third-order valence-electron chi connectivity index (χ3n) is 5.14. The van der Waals surface area contributed by atoms with E-state index in [0.29, 0.717) is 23.4 Å². The number of allylic oxidation sites excluding steroid dienone is 4. The summed E-state index contributed by atoms with van der Waals surface area (Å²) in [6, 6.07) is 8.09. The van der Waals surface area contributed by atoms with Crippen LogP contribution >= 0.6 is 0 Å². The number of aromatic nitrogens is 4. The molecule has 1 aliphatic carbocycles. The number of alkyl halides is 6. The molecule has 1 aliphatic rings. The van der Waals surface area contributed by atoms with Gasteiger partial charge in [-0.2, -0.15) is 36.5 Å². The first kappa shape index (κ1) is 21.9. The van der Waals surface area contributed by atoms with Crippen molar-refractivity contribution < 1.29 is 26.3 Å². The summed E-state index contributed by atoms with van der Waals surface area (Å²) in [7, 11) is 0. The molecular formula is C22H18F6N4. The van der Waals surface area contributed by atoms with E-state index in [1.807, 2.05) is 6.08 Å². The van der Waals surface area contributed by atoms with Crippen molar-refractivity contribution in [3.63, 3.8) is 0 Å². The van der Waals surface area contributed by atoms with E-state index in [0.717, 1.165) is 16.8 Å². The van der Waals surface area contributed by atoms with E-state index in [-0.39, 0.29) is 18.2 Å². The molecule has 0 saturated carbocycles. The summed E-state index contributed by atoms with van der Waals surface area (Å²) in [5.74, 6) is 0. The minimum absolute atomic E-state index is 0.0357. The maximum Gasteiger partial charge on any atom is 0.435 e. The topological polar surface area (TPSA) is 35.6 Å². The van der Waals surface area contributed by atoms with Gasteiger partial charge in [0.25, 0.3) is 0 Å². The molecule has 0 spiro atoms. The van der Waals surface area contributed by atoms with E-state index < -0.39 is 23.7 Å². The maximum absolute atomic E-state index is 13.4. The Hall–Kier alpha value is -3.30. The van der Waals surface area contributed by atoms with Gasteiger partial charge in [0.15, 0.2) is 11.4 Å². The zero-order valence-electron chi connectivity index (χ0n) is 16.8. The molecule has 4 nitrogen and oxygen atoms in total. The molecule has 2 aromatic heterocycles. The third-order valence-corrected chi connectivity index (χ3v) is 5.14. The van der Waals surface area contributed by atoms with E-state index in [4.69, 9.17) is 0 Å². The van der Waals surface area contributed by atoms with Crippen LogP contribution in [0.15, 0.2) is 60.7 Å². The molecule has 0 fully saturated rings. The smallest absolute Gasteiger partial charge is 0.261 e. The third kappa shape index (κ3) is 4.35. The van der Waals surface area contributed by atoms with Gasteiger partial charge in [-0.15, -0.1) is 0 Å². The second-order valence-corrected chi connectivity index (χ2v) is 7.47. The van der Waals surface area contributed by atoms with Gasteiger partial charge in [0.05, 0.1) is 11.7 Å². The predicted octanol–water partition coefficient (Wildman–Crippen LogP) is 6.06. The number of hydrogen-bond acceptors (Lipinski definition) is 2. The van der Waals surface area contributed by atoms with Crippen molar-refractivity contribution in [1.29, 1.82) is 0 Å². The highest BCUT2D eigenvalue weighted by molar-refractivity contribution is 5.44. The van der Waals surface area contributed by atoms with Crippen LogP contribution in [-0.2, 0) is 18.8 Å². The number of aryl methyl sites for hydroxylation is 1. The van der Waals surface area contributed by atoms with E-state index >= 15 is 0 Å². The fourth-order valence-electron chi connectivity index (χ4n) is 3.66. The molecule has 0 aliphatic heterocycles. The standard InChI is InChI=1S/C22H18F6N4/c1-14-11-19(21(23,24)25)29-31(14)18-10-6-5-7-15(18)12-17-13-20(22(26,27)28)30-32(17)16-8-3-2-4-9-16/h2-8,10-11,13,16H,9,12H2,1H3. The lowest BCUT2D eigenvalue weighted by atomic mass is 10.0. The summed E-state index contributed by atoms with van der Waals surface area (Å²) in [6.45, 7) is 1.49. The van der Waals surface area contributed by atoms with Crippen LogP contribution < -0.4 is 0 Å². The van der Waals surface area contributed by atoms with Crippen LogP contribution in [0, 0.1) is 6.92 Å². The molecule has 10 heteroatoms. The van der Waals surface area contributed by atoms with Gasteiger partial charge in [0, 0.05) is 17.8 Å². The van der Waals surface area contributed by atoms with Gasteiger partial charge in [0.2, 0.25) is 0 Å². The average Bonchev–Trinajstić information content (AvgIpc) is 3.33. The van der Waals surface area contributed by atoms with Gasteiger partial charge in [-0.3, -0.25) is 4.68 Å². The summed E-state index contributed by atoms with van der Waals surface area (Å²) in [4.78, 5) is 0. The summed E-state index contributed by atoms with van der Waals surface area (Å²) < 4.78 is 81.9. The van der Waals surface area contributed by atoms with Crippen molar-refractivity contribution in [2.45, 2.75) is 38.2 Å². The van der Waals surface area contributed by atoms with Crippen molar-refractivity contribution in [3.8, 4) is 5.69 Å². The Labute approximate surface area is 179 Å². The second kappa shape index (κ2) is 7.99. The molecule has 0 N–H and O–H groups in total. The molecule has 0 radical (unpaired) electrons. The van der Waals surface area contributed by atoms with Crippen molar-refractivity contribution in [1.82, 2.24) is 19.6 Å². The van der Waals surface area contributed by atoms with Gasteiger partial charge in [0.1, 0.15) is 0 Å². The zero-order valence-corrected chi connectivity index (χ0v) is 16.8. The van der Waals surface area contributed by atoms with Crippen LogP contribution in [0.5, 0.6) is 0 Å². The van der Waals surface area contributed by atoms with Gasteiger partial charge in [-0.25, -0.2) is 4.68 Å². The fraction of sp³-hybridized carbons (Fsp3) is 0.273. The maximum atomic E-state index is 13.4. The molecule has 1 aromatic carbocycles. The summed E-state index contributed by atoms with van der Waals surface area (Å²) in [5.41, 5.74) is -0.598. The Morgan fingerprint density at radius 1 is 0.938 bits per heavy atom. The van der Waals surface area contributed by atoms with Crippen LogP contribution in [0.3, 0.4) is 0 Å². The predicted molar refractivity (Wildman–Crippen MR) is 105 cm³/mol. The number of benzene rings is 1. The lowest BCUT2D eigenvalue weighted by Gasteiger charge is -2.18. The van der Waals surface area contributed by atoms with Gasteiger partial charge < -0.3 is 0 Å². The first-order valence-electron chi connectivity index (χ1n) is 9.75. The SMILES string of the molecule is Cc1cc(C(F)(F)F)nn1-c1ccccc1Cc1cc(C(F)(F)F)nn1C1C=CC=CC1. The Bertz CT molecular complexity index is 1180.